The van der Waals surface area contributed by atoms with Gasteiger partial charge in [-0.15, -0.1) is 0 Å². The van der Waals surface area contributed by atoms with Crippen LogP contribution >= 0.6 is 0 Å². The third kappa shape index (κ3) is 2.80. The number of carbonyl (C=O) groups is 2. The number of rotatable bonds is 3. The molecule has 0 spiro atoms. The van der Waals surface area contributed by atoms with E-state index in [0.29, 0.717) is 11.5 Å². The summed E-state index contributed by atoms with van der Waals surface area (Å²) in [5, 5.41) is 12.5. The third-order valence-electron chi connectivity index (χ3n) is 4.46. The monoisotopic (exact) mass is 324 g/mol. The van der Waals surface area contributed by atoms with E-state index in [4.69, 9.17) is 9.47 Å². The second-order valence-electron chi connectivity index (χ2n) is 6.87. The van der Waals surface area contributed by atoms with Crippen LogP contribution in [0.3, 0.4) is 0 Å². The van der Waals surface area contributed by atoms with Gasteiger partial charge in [-0.3, -0.25) is 9.59 Å². The first kappa shape index (κ1) is 17.3. The van der Waals surface area contributed by atoms with E-state index in [1.807, 2.05) is 20.8 Å². The van der Waals surface area contributed by atoms with Crippen molar-refractivity contribution >= 4 is 11.9 Å². The van der Waals surface area contributed by atoms with Crippen LogP contribution in [0.15, 0.2) is 0 Å². The molecule has 0 amide bonds. The summed E-state index contributed by atoms with van der Waals surface area (Å²) in [5.41, 5.74) is 1.34. The smallest absolute Gasteiger partial charge is 0.324 e. The maximum Gasteiger partial charge on any atom is 0.324 e. The fourth-order valence-electron chi connectivity index (χ4n) is 3.08. The lowest BCUT2D eigenvalue weighted by Gasteiger charge is -2.36. The molecule has 1 fully saturated rings. The molecule has 1 aliphatic rings. The highest BCUT2D eigenvalue weighted by molar-refractivity contribution is 5.97. The molecule has 1 saturated heterocycles. The topological polar surface area (TPSA) is 84.5 Å². The molecule has 0 saturated carbocycles. The van der Waals surface area contributed by atoms with E-state index in [-0.39, 0.29) is 5.92 Å². The molecule has 2 rings (SSSR count). The van der Waals surface area contributed by atoms with E-state index in [9.17, 15) is 14.8 Å². The van der Waals surface area contributed by atoms with Crippen molar-refractivity contribution < 1.29 is 23.8 Å². The Kier molecular flexibility index (Phi) is 4.17. The minimum absolute atomic E-state index is 0.131. The number of cyclic esters (lactones) is 2. The van der Waals surface area contributed by atoms with Gasteiger partial charge < -0.3 is 14.7 Å². The molecule has 1 aromatic rings. The number of aromatic nitrogens is 2. The second-order valence-corrected chi connectivity index (χ2v) is 6.87. The Morgan fingerprint density at radius 3 is 2.00 bits per heavy atom. The molecule has 128 valence electrons. The van der Waals surface area contributed by atoms with Crippen molar-refractivity contribution in [1.29, 1.82) is 0 Å². The second kappa shape index (κ2) is 5.54. The molecule has 0 bridgehead atoms. The number of esters is 2. The molecular weight excluding hydrogens is 300 g/mol. The van der Waals surface area contributed by atoms with Gasteiger partial charge in [0.2, 0.25) is 0 Å². The van der Waals surface area contributed by atoms with Crippen LogP contribution in [-0.4, -0.2) is 22.3 Å². The molecule has 0 aromatic carbocycles. The molecule has 7 nitrogen and oxygen atoms in total. The maximum atomic E-state index is 12.5. The van der Waals surface area contributed by atoms with Gasteiger partial charge in [-0.1, -0.05) is 13.8 Å². The van der Waals surface area contributed by atoms with Gasteiger partial charge >= 0.3 is 11.9 Å². The van der Waals surface area contributed by atoms with E-state index >= 15 is 0 Å². The summed E-state index contributed by atoms with van der Waals surface area (Å²) in [4.78, 5) is 24.8. The predicted molar refractivity (Wildman–Crippen MR) is 81.2 cm³/mol. The van der Waals surface area contributed by atoms with Crippen molar-refractivity contribution in [2.24, 2.45) is 18.9 Å². The summed E-state index contributed by atoms with van der Waals surface area (Å²) in [7, 11) is 1.75. The molecule has 1 aliphatic heterocycles. The number of carbonyl (C=O) groups excluding carboxylic acids is 2. The molecule has 1 aromatic heterocycles. The van der Waals surface area contributed by atoms with Gasteiger partial charge in [0.15, 0.2) is 5.92 Å². The average molecular weight is 324 g/mol. The maximum absolute atomic E-state index is 12.5. The summed E-state index contributed by atoms with van der Waals surface area (Å²) in [5.74, 6) is -4.11. The van der Waals surface area contributed by atoms with Crippen LogP contribution in [0.4, 0.5) is 0 Å². The Hall–Kier alpha value is -2.05. The molecule has 1 unspecified atom stereocenters. The van der Waals surface area contributed by atoms with Gasteiger partial charge in [-0.2, -0.15) is 0 Å². The Labute approximate surface area is 135 Å². The zero-order valence-electron chi connectivity index (χ0n) is 14.7. The molecule has 1 atom stereocenters. The highest BCUT2D eigenvalue weighted by Crippen LogP contribution is 2.37. The number of hydrogen-bond acceptors (Lipinski definition) is 5. The normalized spacial score (nSPS) is 19.7. The summed E-state index contributed by atoms with van der Waals surface area (Å²) >= 11 is 0. The SMILES string of the molecule is Cc1c(C)[n+]([O-])c(C(C(C)C)C2C(=O)OC(C)(C)OC2=O)n1C. The van der Waals surface area contributed by atoms with E-state index in [1.165, 1.54) is 13.8 Å². The molecule has 23 heavy (non-hydrogen) atoms. The summed E-state index contributed by atoms with van der Waals surface area (Å²) < 4.78 is 13.0. The Morgan fingerprint density at radius 1 is 1.17 bits per heavy atom. The summed E-state index contributed by atoms with van der Waals surface area (Å²) in [6.07, 6.45) is 0. The van der Waals surface area contributed by atoms with Gasteiger partial charge in [0.1, 0.15) is 11.4 Å². The molecule has 0 aliphatic carbocycles. The van der Waals surface area contributed by atoms with Crippen molar-refractivity contribution in [2.75, 3.05) is 0 Å². The highest BCUT2D eigenvalue weighted by Gasteiger charge is 2.51. The fourth-order valence-corrected chi connectivity index (χ4v) is 3.08. The number of hydrogen-bond donors (Lipinski definition) is 0. The van der Waals surface area contributed by atoms with Gasteiger partial charge in [-0.25, -0.2) is 9.30 Å². The molecule has 2 heterocycles. The van der Waals surface area contributed by atoms with Crippen LogP contribution in [0.1, 0.15) is 50.8 Å². The Balaban J connectivity index is 2.55. The van der Waals surface area contributed by atoms with Crippen molar-refractivity contribution in [3.63, 3.8) is 0 Å². The molecule has 0 N–H and O–H groups in total. The van der Waals surface area contributed by atoms with E-state index < -0.39 is 29.6 Å². The first-order chi connectivity index (χ1) is 10.5. The predicted octanol–water partition coefficient (Wildman–Crippen LogP) is 1.47. The van der Waals surface area contributed by atoms with Crippen LogP contribution in [0.2, 0.25) is 0 Å². The standard InChI is InChI=1S/C16H24N2O5/c1-8(2)11(13-17(7)9(3)10(4)18(13)21)12-14(19)22-16(5,6)23-15(12)20/h8,11-12H,1-7H3. The van der Waals surface area contributed by atoms with E-state index in [1.54, 1.807) is 18.5 Å². The van der Waals surface area contributed by atoms with Crippen molar-refractivity contribution in [2.45, 2.75) is 53.2 Å². The van der Waals surface area contributed by atoms with Crippen LogP contribution in [0.5, 0.6) is 0 Å². The van der Waals surface area contributed by atoms with Crippen LogP contribution in [-0.2, 0) is 26.1 Å². The lowest BCUT2D eigenvalue weighted by atomic mass is 9.82. The van der Waals surface area contributed by atoms with Crippen LogP contribution < -0.4 is 4.73 Å². The first-order valence-electron chi connectivity index (χ1n) is 7.69. The lowest BCUT2D eigenvalue weighted by molar-refractivity contribution is -0.622. The fraction of sp³-hybridized carbons (Fsp3) is 0.688. The van der Waals surface area contributed by atoms with E-state index in [2.05, 4.69) is 0 Å². The van der Waals surface area contributed by atoms with Gasteiger partial charge in [-0.05, 0) is 5.92 Å². The van der Waals surface area contributed by atoms with E-state index in [0.717, 1.165) is 10.4 Å². The Bertz CT molecular complexity index is 614. The van der Waals surface area contributed by atoms with Crippen molar-refractivity contribution in [3.05, 3.63) is 22.4 Å². The zero-order chi connectivity index (χ0) is 17.7. The molecule has 7 heteroatoms. The van der Waals surface area contributed by atoms with Crippen LogP contribution in [0.25, 0.3) is 0 Å². The highest BCUT2D eigenvalue weighted by atomic mass is 16.7. The average Bonchev–Trinajstić information content (AvgIpc) is 2.57. The first-order valence-corrected chi connectivity index (χ1v) is 7.69. The Morgan fingerprint density at radius 2 is 1.65 bits per heavy atom. The van der Waals surface area contributed by atoms with Gasteiger partial charge in [0.25, 0.3) is 11.6 Å². The molecule has 0 radical (unpaired) electrons. The number of nitrogens with zero attached hydrogens (tertiary/aromatic N) is 2. The minimum atomic E-state index is -1.28. The molecular formula is C16H24N2O5. The minimum Gasteiger partial charge on any atom is -0.711 e. The summed E-state index contributed by atoms with van der Waals surface area (Å²) in [6.45, 7) is 10.3. The largest absolute Gasteiger partial charge is 0.711 e. The lowest BCUT2D eigenvalue weighted by Crippen LogP contribution is -2.51. The number of imidazole rings is 1. The number of ether oxygens (including phenoxy) is 2. The quantitative estimate of drug-likeness (QED) is 0.364. The van der Waals surface area contributed by atoms with Crippen molar-refractivity contribution in [3.8, 4) is 0 Å². The van der Waals surface area contributed by atoms with Crippen LogP contribution in [0, 0.1) is 30.9 Å². The zero-order valence-corrected chi connectivity index (χ0v) is 14.7. The summed E-state index contributed by atoms with van der Waals surface area (Å²) in [6, 6.07) is 0. The van der Waals surface area contributed by atoms with Gasteiger partial charge in [0.05, 0.1) is 13.0 Å². The van der Waals surface area contributed by atoms with Gasteiger partial charge in [0, 0.05) is 27.7 Å². The third-order valence-corrected chi connectivity index (χ3v) is 4.46. The van der Waals surface area contributed by atoms with Crippen molar-refractivity contribution in [1.82, 2.24) is 4.57 Å².